The molecule has 0 saturated heterocycles. The zero-order valence-corrected chi connectivity index (χ0v) is 11.6. The van der Waals surface area contributed by atoms with Gasteiger partial charge in [0.15, 0.2) is 0 Å². The number of anilines is 1. The highest BCUT2D eigenvalue weighted by Gasteiger charge is 2.05. The number of nitrogens with zero attached hydrogens (tertiary/aromatic N) is 1. The van der Waals surface area contributed by atoms with Crippen molar-refractivity contribution >= 4 is 11.6 Å². The fourth-order valence-corrected chi connectivity index (χ4v) is 1.97. The fourth-order valence-electron chi connectivity index (χ4n) is 1.97. The standard InChI is InChI=1S/C16H19N3O/c1-2-14-7-3-4-8-15(14)19-16(20)12-18-11-13-6-5-9-17-10-13/h3-10,18H,2,11-12H2,1H3,(H,19,20). The number of nitrogens with one attached hydrogen (secondary N) is 2. The molecule has 0 atom stereocenters. The number of pyridine rings is 1. The number of hydrogen-bond acceptors (Lipinski definition) is 3. The second-order valence-electron chi connectivity index (χ2n) is 4.52. The molecule has 0 fully saturated rings. The van der Waals surface area contributed by atoms with Gasteiger partial charge in [0, 0.05) is 24.6 Å². The first-order valence-electron chi connectivity index (χ1n) is 6.77. The van der Waals surface area contributed by atoms with Crippen molar-refractivity contribution in [1.82, 2.24) is 10.3 Å². The summed E-state index contributed by atoms with van der Waals surface area (Å²) in [6.45, 7) is 3.00. The number of hydrogen-bond donors (Lipinski definition) is 2. The van der Waals surface area contributed by atoms with Crippen molar-refractivity contribution in [2.45, 2.75) is 19.9 Å². The largest absolute Gasteiger partial charge is 0.325 e. The van der Waals surface area contributed by atoms with Crippen molar-refractivity contribution in [3.63, 3.8) is 0 Å². The molecule has 0 aliphatic rings. The molecule has 104 valence electrons. The summed E-state index contributed by atoms with van der Waals surface area (Å²) in [5.41, 5.74) is 3.10. The lowest BCUT2D eigenvalue weighted by Gasteiger charge is -2.10. The molecule has 1 amide bonds. The van der Waals surface area contributed by atoms with Crippen molar-refractivity contribution in [3.8, 4) is 0 Å². The first-order chi connectivity index (χ1) is 9.79. The van der Waals surface area contributed by atoms with E-state index in [0.717, 1.165) is 23.2 Å². The predicted molar refractivity (Wildman–Crippen MR) is 80.4 cm³/mol. The Kier molecular flexibility index (Phi) is 5.26. The minimum Gasteiger partial charge on any atom is -0.325 e. The summed E-state index contributed by atoms with van der Waals surface area (Å²) >= 11 is 0. The van der Waals surface area contributed by atoms with Crippen LogP contribution in [-0.2, 0) is 17.8 Å². The first kappa shape index (κ1) is 14.2. The van der Waals surface area contributed by atoms with Crippen molar-refractivity contribution < 1.29 is 4.79 Å². The number of carbonyl (C=O) groups is 1. The van der Waals surface area contributed by atoms with Gasteiger partial charge in [0.05, 0.1) is 6.54 Å². The van der Waals surface area contributed by atoms with E-state index in [-0.39, 0.29) is 12.5 Å². The number of aryl methyl sites for hydroxylation is 1. The molecule has 1 aromatic carbocycles. The van der Waals surface area contributed by atoms with Crippen LogP contribution in [0.1, 0.15) is 18.1 Å². The molecule has 1 heterocycles. The maximum atomic E-state index is 11.9. The Balaban J connectivity index is 1.81. The number of aromatic nitrogens is 1. The summed E-state index contributed by atoms with van der Waals surface area (Å²) in [7, 11) is 0. The quantitative estimate of drug-likeness (QED) is 0.846. The van der Waals surface area contributed by atoms with Crippen LogP contribution in [0.15, 0.2) is 48.8 Å². The molecule has 0 saturated carbocycles. The second-order valence-corrected chi connectivity index (χ2v) is 4.52. The van der Waals surface area contributed by atoms with Gasteiger partial charge in [0.25, 0.3) is 0 Å². The molecule has 20 heavy (non-hydrogen) atoms. The van der Waals surface area contributed by atoms with E-state index in [9.17, 15) is 4.79 Å². The second kappa shape index (κ2) is 7.40. The average Bonchev–Trinajstić information content (AvgIpc) is 2.49. The van der Waals surface area contributed by atoms with Crippen LogP contribution in [0.5, 0.6) is 0 Å². The molecular weight excluding hydrogens is 250 g/mol. The Morgan fingerprint density at radius 3 is 2.80 bits per heavy atom. The predicted octanol–water partition coefficient (Wildman–Crippen LogP) is 2.37. The van der Waals surface area contributed by atoms with E-state index in [1.807, 2.05) is 36.4 Å². The van der Waals surface area contributed by atoms with E-state index in [0.29, 0.717) is 6.54 Å². The monoisotopic (exact) mass is 269 g/mol. The van der Waals surface area contributed by atoms with Crippen LogP contribution in [0.2, 0.25) is 0 Å². The van der Waals surface area contributed by atoms with Gasteiger partial charge in [0.2, 0.25) is 5.91 Å². The van der Waals surface area contributed by atoms with Gasteiger partial charge in [-0.3, -0.25) is 9.78 Å². The molecule has 2 N–H and O–H groups in total. The van der Waals surface area contributed by atoms with E-state index < -0.39 is 0 Å². The van der Waals surface area contributed by atoms with Gasteiger partial charge in [-0.2, -0.15) is 0 Å². The van der Waals surface area contributed by atoms with E-state index in [2.05, 4.69) is 22.5 Å². The van der Waals surface area contributed by atoms with Crippen molar-refractivity contribution in [1.29, 1.82) is 0 Å². The Bertz CT molecular complexity index is 555. The minimum absolute atomic E-state index is 0.0326. The summed E-state index contributed by atoms with van der Waals surface area (Å²) < 4.78 is 0. The molecule has 0 unspecified atom stereocenters. The number of rotatable bonds is 6. The summed E-state index contributed by atoms with van der Waals surface area (Å²) in [4.78, 5) is 15.9. The highest BCUT2D eigenvalue weighted by molar-refractivity contribution is 5.92. The smallest absolute Gasteiger partial charge is 0.238 e. The summed E-state index contributed by atoms with van der Waals surface area (Å²) in [5.74, 6) is -0.0326. The molecule has 4 nitrogen and oxygen atoms in total. The van der Waals surface area contributed by atoms with Crippen LogP contribution in [-0.4, -0.2) is 17.4 Å². The van der Waals surface area contributed by atoms with Gasteiger partial charge in [-0.25, -0.2) is 0 Å². The normalized spacial score (nSPS) is 10.2. The molecule has 1 aromatic heterocycles. The molecule has 0 spiro atoms. The van der Waals surface area contributed by atoms with Gasteiger partial charge in [-0.15, -0.1) is 0 Å². The highest BCUT2D eigenvalue weighted by atomic mass is 16.1. The zero-order chi connectivity index (χ0) is 14.2. The molecule has 2 rings (SSSR count). The van der Waals surface area contributed by atoms with Crippen LogP contribution >= 0.6 is 0 Å². The Morgan fingerprint density at radius 1 is 1.20 bits per heavy atom. The lowest BCUT2D eigenvalue weighted by atomic mass is 10.1. The molecule has 0 bridgehead atoms. The number of carbonyl (C=O) groups excluding carboxylic acids is 1. The van der Waals surface area contributed by atoms with Gasteiger partial charge < -0.3 is 10.6 Å². The molecule has 2 aromatic rings. The third-order valence-electron chi connectivity index (χ3n) is 3.01. The van der Waals surface area contributed by atoms with E-state index in [1.165, 1.54) is 0 Å². The van der Waals surface area contributed by atoms with Crippen LogP contribution < -0.4 is 10.6 Å². The third-order valence-corrected chi connectivity index (χ3v) is 3.01. The first-order valence-corrected chi connectivity index (χ1v) is 6.77. The molecule has 4 heteroatoms. The van der Waals surface area contributed by atoms with Gasteiger partial charge in [-0.1, -0.05) is 31.2 Å². The number of benzene rings is 1. The van der Waals surface area contributed by atoms with Crippen LogP contribution in [0.25, 0.3) is 0 Å². The Hall–Kier alpha value is -2.20. The molecule has 0 radical (unpaired) electrons. The summed E-state index contributed by atoms with van der Waals surface area (Å²) in [6.07, 6.45) is 4.43. The van der Waals surface area contributed by atoms with Crippen molar-refractivity contribution in [2.24, 2.45) is 0 Å². The molecular formula is C16H19N3O. The SMILES string of the molecule is CCc1ccccc1NC(=O)CNCc1cccnc1. The lowest BCUT2D eigenvalue weighted by Crippen LogP contribution is -2.28. The number of para-hydroxylation sites is 1. The van der Waals surface area contributed by atoms with E-state index in [1.54, 1.807) is 12.4 Å². The fraction of sp³-hybridized carbons (Fsp3) is 0.250. The van der Waals surface area contributed by atoms with Crippen molar-refractivity contribution in [3.05, 3.63) is 59.9 Å². The maximum absolute atomic E-state index is 11.9. The Labute approximate surface area is 119 Å². The maximum Gasteiger partial charge on any atom is 0.238 e. The average molecular weight is 269 g/mol. The van der Waals surface area contributed by atoms with E-state index in [4.69, 9.17) is 0 Å². The third kappa shape index (κ3) is 4.17. The van der Waals surface area contributed by atoms with Crippen LogP contribution in [0, 0.1) is 0 Å². The van der Waals surface area contributed by atoms with Crippen LogP contribution in [0.3, 0.4) is 0 Å². The molecule has 0 aliphatic heterocycles. The topological polar surface area (TPSA) is 54.0 Å². The van der Waals surface area contributed by atoms with Gasteiger partial charge >= 0.3 is 0 Å². The summed E-state index contributed by atoms with van der Waals surface area (Å²) in [5, 5.41) is 6.04. The minimum atomic E-state index is -0.0326. The van der Waals surface area contributed by atoms with Crippen molar-refractivity contribution in [2.75, 3.05) is 11.9 Å². The highest BCUT2D eigenvalue weighted by Crippen LogP contribution is 2.14. The number of amides is 1. The van der Waals surface area contributed by atoms with E-state index >= 15 is 0 Å². The van der Waals surface area contributed by atoms with Crippen LogP contribution in [0.4, 0.5) is 5.69 Å². The summed E-state index contributed by atoms with van der Waals surface area (Å²) in [6, 6.07) is 11.7. The molecule has 0 aliphatic carbocycles. The van der Waals surface area contributed by atoms with Gasteiger partial charge in [-0.05, 0) is 29.7 Å². The zero-order valence-electron chi connectivity index (χ0n) is 11.6. The van der Waals surface area contributed by atoms with Gasteiger partial charge in [0.1, 0.15) is 0 Å². The Morgan fingerprint density at radius 2 is 2.05 bits per heavy atom. The lowest BCUT2D eigenvalue weighted by molar-refractivity contribution is -0.115.